The lowest BCUT2D eigenvalue weighted by Crippen LogP contribution is -2.45. The monoisotopic (exact) mass is 806 g/mol. The fourth-order valence-corrected chi connectivity index (χ4v) is 6.23. The number of rotatable bonds is 37. The molecule has 0 heterocycles. The van der Waals surface area contributed by atoms with Gasteiger partial charge in [0, 0.05) is 6.42 Å². The smallest absolute Gasteiger partial charge is 0.389 e. The molecule has 10 heteroatoms. The molecule has 0 bridgehead atoms. The quantitative estimate of drug-likeness (QED) is 0.0162. The van der Waals surface area contributed by atoms with Gasteiger partial charge in [0.15, 0.2) is 0 Å². The van der Waals surface area contributed by atoms with Crippen molar-refractivity contribution in [1.29, 1.82) is 0 Å². The highest BCUT2D eigenvalue weighted by Crippen LogP contribution is 2.43. The van der Waals surface area contributed by atoms with Gasteiger partial charge in [0.2, 0.25) is 5.91 Å². The molecule has 0 aromatic rings. The van der Waals surface area contributed by atoms with E-state index >= 15 is 0 Å². The largest absolute Gasteiger partial charge is 0.472 e. The first-order chi connectivity index (χ1) is 26.9. The first-order valence-corrected chi connectivity index (χ1v) is 23.1. The van der Waals surface area contributed by atoms with Gasteiger partial charge in [-0.05, 0) is 51.4 Å². The molecule has 0 aliphatic heterocycles. The minimum atomic E-state index is -4.39. The molecule has 0 fully saturated rings. The summed E-state index contributed by atoms with van der Waals surface area (Å²) in [6.07, 6.45) is 46.8. The molecule has 1 amide bonds. The number of phosphoric acid groups is 1. The zero-order valence-electron chi connectivity index (χ0n) is 35.9. The number of likely N-dealkylation sites (N-methyl/N-ethyl adjacent to an activating group) is 1. The van der Waals surface area contributed by atoms with Crippen molar-refractivity contribution in [3.8, 4) is 0 Å². The lowest BCUT2D eigenvalue weighted by Gasteiger charge is -2.25. The number of nitrogens with zero attached hydrogens (tertiary/aromatic N) is 1. The van der Waals surface area contributed by atoms with Crippen LogP contribution >= 0.6 is 7.82 Å². The predicted octanol–water partition coefficient (Wildman–Crippen LogP) is 10.8. The molecule has 56 heavy (non-hydrogen) atoms. The summed E-state index contributed by atoms with van der Waals surface area (Å²) in [5.41, 5.74) is 0. The zero-order chi connectivity index (χ0) is 41.6. The summed E-state index contributed by atoms with van der Waals surface area (Å²) in [7, 11) is 1.45. The van der Waals surface area contributed by atoms with Gasteiger partial charge >= 0.3 is 7.82 Å². The summed E-state index contributed by atoms with van der Waals surface area (Å²) in [4.78, 5) is 23.1. The summed E-state index contributed by atoms with van der Waals surface area (Å²) >= 11 is 0. The number of aliphatic hydroxyl groups is 2. The van der Waals surface area contributed by atoms with Gasteiger partial charge in [-0.3, -0.25) is 13.8 Å². The van der Waals surface area contributed by atoms with E-state index in [1.54, 1.807) is 12.2 Å². The van der Waals surface area contributed by atoms with Crippen LogP contribution in [-0.4, -0.2) is 84.6 Å². The third-order valence-electron chi connectivity index (χ3n) is 8.96. The van der Waals surface area contributed by atoms with Crippen molar-refractivity contribution in [2.24, 2.45) is 0 Å². The number of aliphatic hydroxyl groups excluding tert-OH is 2. The first-order valence-electron chi connectivity index (χ1n) is 21.6. The molecule has 0 aromatic carbocycles. The molecule has 4 N–H and O–H groups in total. The average Bonchev–Trinajstić information content (AvgIpc) is 3.14. The van der Waals surface area contributed by atoms with Crippen molar-refractivity contribution < 1.29 is 38.0 Å². The molecular formula is C46H82N2O7P+. The highest BCUT2D eigenvalue weighted by atomic mass is 31.2. The Morgan fingerprint density at radius 3 is 1.84 bits per heavy atom. The maximum atomic E-state index is 12.8. The highest BCUT2D eigenvalue weighted by Gasteiger charge is 2.27. The van der Waals surface area contributed by atoms with Gasteiger partial charge in [0.05, 0.1) is 46.0 Å². The van der Waals surface area contributed by atoms with Crippen molar-refractivity contribution >= 4 is 13.7 Å². The van der Waals surface area contributed by atoms with Crippen LogP contribution in [0.2, 0.25) is 0 Å². The van der Waals surface area contributed by atoms with Gasteiger partial charge < -0.3 is 24.9 Å². The van der Waals surface area contributed by atoms with E-state index in [9.17, 15) is 24.5 Å². The van der Waals surface area contributed by atoms with Crippen LogP contribution in [0.15, 0.2) is 85.1 Å². The Bertz CT molecular complexity index is 1200. The topological polar surface area (TPSA) is 125 Å². The maximum Gasteiger partial charge on any atom is 0.472 e. The van der Waals surface area contributed by atoms with Crippen LogP contribution in [0.1, 0.15) is 142 Å². The molecule has 9 nitrogen and oxygen atoms in total. The molecule has 0 aromatic heterocycles. The van der Waals surface area contributed by atoms with E-state index in [1.807, 2.05) is 57.6 Å². The second-order valence-corrected chi connectivity index (χ2v) is 17.0. The standard InChI is InChI=1S/C46H81N2O7P/c1-6-8-10-12-14-16-18-20-22-24-26-28-30-34-38-45(50)44(42-55-56(52,53)54-41-40-48(3,4)5)47-46(51)39-35-31-33-37-43(49)36-32-29-27-25-23-21-19-17-15-13-11-9-7-2/h9,11,15,17,21,23,27,29,31-34,36,38,43-45,49-50H,6-8,10,12-14,16,18-20,22,24-26,28,30,35,37,39-42H2,1-5H3,(H-,47,51,52,53)/p+1/b11-9-,17-15-,23-21-,29-27-,33-31-,36-32-,38-34+/t43?,44-,45+/m0/s1. The average molecular weight is 806 g/mol. The Hall–Kier alpha value is -2.36. The summed E-state index contributed by atoms with van der Waals surface area (Å²) in [6.45, 7) is 4.52. The Balaban J connectivity index is 4.71. The summed E-state index contributed by atoms with van der Waals surface area (Å²) in [5.74, 6) is -0.324. The number of hydrogen-bond acceptors (Lipinski definition) is 6. The molecule has 0 saturated heterocycles. The van der Waals surface area contributed by atoms with E-state index in [4.69, 9.17) is 9.05 Å². The van der Waals surface area contributed by atoms with Crippen molar-refractivity contribution in [3.63, 3.8) is 0 Å². The molecule has 0 radical (unpaired) electrons. The Labute approximate surface area is 342 Å². The van der Waals surface area contributed by atoms with E-state index < -0.39 is 26.1 Å². The summed E-state index contributed by atoms with van der Waals surface area (Å²) in [5, 5.41) is 24.0. The Morgan fingerprint density at radius 1 is 0.679 bits per heavy atom. The van der Waals surface area contributed by atoms with Crippen molar-refractivity contribution in [2.45, 2.75) is 161 Å². The number of unbranched alkanes of at least 4 members (excludes halogenated alkanes) is 12. The molecule has 0 rings (SSSR count). The molecular weight excluding hydrogens is 723 g/mol. The van der Waals surface area contributed by atoms with Crippen LogP contribution in [0.4, 0.5) is 0 Å². The third-order valence-corrected chi connectivity index (χ3v) is 9.95. The Morgan fingerprint density at radius 2 is 1.25 bits per heavy atom. The molecule has 4 atom stereocenters. The molecule has 0 spiro atoms. The zero-order valence-corrected chi connectivity index (χ0v) is 36.8. The molecule has 0 saturated carbocycles. The summed E-state index contributed by atoms with van der Waals surface area (Å²) in [6, 6.07) is -0.933. The second-order valence-electron chi connectivity index (χ2n) is 15.5. The molecule has 0 aliphatic rings. The van der Waals surface area contributed by atoms with Gasteiger partial charge in [-0.1, -0.05) is 170 Å². The van der Waals surface area contributed by atoms with Crippen LogP contribution < -0.4 is 5.32 Å². The van der Waals surface area contributed by atoms with Crippen LogP contribution in [0.3, 0.4) is 0 Å². The van der Waals surface area contributed by atoms with Crippen LogP contribution in [0.5, 0.6) is 0 Å². The maximum absolute atomic E-state index is 12.8. The molecule has 0 aliphatic carbocycles. The normalized spacial score (nSPS) is 15.8. The number of phosphoric ester groups is 1. The van der Waals surface area contributed by atoms with E-state index in [1.165, 1.54) is 64.2 Å². The van der Waals surface area contributed by atoms with Gasteiger partial charge in [0.25, 0.3) is 0 Å². The summed E-state index contributed by atoms with van der Waals surface area (Å²) < 4.78 is 23.4. The number of quaternary nitrogens is 1. The number of carbonyl (C=O) groups excluding carboxylic acids is 1. The fraction of sp³-hybridized carbons (Fsp3) is 0.674. The molecule has 2 unspecified atom stereocenters. The lowest BCUT2D eigenvalue weighted by atomic mass is 10.0. The molecule has 322 valence electrons. The Kier molecular flexibility index (Phi) is 35.4. The van der Waals surface area contributed by atoms with Gasteiger partial charge in [-0.25, -0.2) is 4.57 Å². The minimum Gasteiger partial charge on any atom is -0.389 e. The second kappa shape index (κ2) is 36.9. The van der Waals surface area contributed by atoms with Crippen molar-refractivity contribution in [2.75, 3.05) is 40.9 Å². The van der Waals surface area contributed by atoms with E-state index in [-0.39, 0.29) is 25.5 Å². The highest BCUT2D eigenvalue weighted by molar-refractivity contribution is 7.47. The minimum absolute atomic E-state index is 0.0249. The first kappa shape index (κ1) is 53.6. The van der Waals surface area contributed by atoms with Crippen molar-refractivity contribution in [1.82, 2.24) is 5.32 Å². The van der Waals surface area contributed by atoms with E-state index in [2.05, 4.69) is 55.6 Å². The lowest BCUT2D eigenvalue weighted by molar-refractivity contribution is -0.870. The predicted molar refractivity (Wildman–Crippen MR) is 236 cm³/mol. The van der Waals surface area contributed by atoms with E-state index in [0.29, 0.717) is 23.9 Å². The number of hydrogen-bond donors (Lipinski definition) is 4. The van der Waals surface area contributed by atoms with Crippen LogP contribution in [0.25, 0.3) is 0 Å². The third kappa shape index (κ3) is 38.5. The number of carbonyl (C=O) groups is 1. The number of nitrogens with one attached hydrogen (secondary N) is 1. The fourth-order valence-electron chi connectivity index (χ4n) is 5.50. The van der Waals surface area contributed by atoms with Crippen LogP contribution in [-0.2, 0) is 18.4 Å². The number of allylic oxidation sites excluding steroid dienone is 11. The van der Waals surface area contributed by atoms with Crippen molar-refractivity contribution in [3.05, 3.63) is 85.1 Å². The van der Waals surface area contributed by atoms with Crippen LogP contribution in [0, 0.1) is 0 Å². The van der Waals surface area contributed by atoms with Gasteiger partial charge in [-0.15, -0.1) is 0 Å². The van der Waals surface area contributed by atoms with E-state index in [0.717, 1.165) is 44.9 Å². The van der Waals surface area contributed by atoms with Gasteiger partial charge in [-0.2, -0.15) is 0 Å². The van der Waals surface area contributed by atoms with Gasteiger partial charge in [0.1, 0.15) is 13.2 Å². The number of amides is 1. The SMILES string of the molecule is CC/C=C\C/C=C\C/C=C\C/C=C\C=C/C(O)C/C=C\CCC(=O)N[C@@H](COP(=O)(O)OCC[N+](C)(C)C)[C@H](O)/C=C/CCCCCCCCCCCCCC.